The van der Waals surface area contributed by atoms with Crippen LogP contribution in [0.2, 0.25) is 5.02 Å². The van der Waals surface area contributed by atoms with Crippen molar-refractivity contribution in [1.82, 2.24) is 0 Å². The summed E-state index contributed by atoms with van der Waals surface area (Å²) in [5.74, 6) is -0.0383. The van der Waals surface area contributed by atoms with Crippen molar-refractivity contribution in [3.05, 3.63) is 47.5 Å². The van der Waals surface area contributed by atoms with E-state index in [1.54, 1.807) is 0 Å². The molecule has 0 amide bonds. The first kappa shape index (κ1) is 13.5. The van der Waals surface area contributed by atoms with Gasteiger partial charge in [-0.3, -0.25) is 4.72 Å². The highest BCUT2D eigenvalue weighted by atomic mass is 35.5. The second-order valence-electron chi connectivity index (χ2n) is 3.85. The summed E-state index contributed by atoms with van der Waals surface area (Å²) >= 11 is 5.86. The Labute approximate surface area is 115 Å². The van der Waals surface area contributed by atoms with Crippen LogP contribution in [0.3, 0.4) is 0 Å². The summed E-state index contributed by atoms with van der Waals surface area (Å²) in [4.78, 5) is -0.0771. The zero-order valence-electron chi connectivity index (χ0n) is 9.67. The van der Waals surface area contributed by atoms with Crippen molar-refractivity contribution in [2.45, 2.75) is 4.90 Å². The molecule has 0 saturated carbocycles. The van der Waals surface area contributed by atoms with Crippen LogP contribution in [0.25, 0.3) is 0 Å². The van der Waals surface area contributed by atoms with E-state index in [0.29, 0.717) is 5.69 Å². The molecule has 19 heavy (non-hydrogen) atoms. The molecule has 0 unspecified atom stereocenters. The SMILES string of the molecule is Nc1ccc(S(=O)(=O)Nc2cccc(O)c2)c(Cl)c1. The second-order valence-corrected chi connectivity index (χ2v) is 5.90. The van der Waals surface area contributed by atoms with Crippen molar-refractivity contribution in [2.24, 2.45) is 0 Å². The molecule has 7 heteroatoms. The van der Waals surface area contributed by atoms with Crippen LogP contribution in [0.4, 0.5) is 11.4 Å². The van der Waals surface area contributed by atoms with Crippen LogP contribution >= 0.6 is 11.6 Å². The van der Waals surface area contributed by atoms with Crippen LogP contribution in [0.15, 0.2) is 47.4 Å². The van der Waals surface area contributed by atoms with E-state index in [1.165, 1.54) is 42.5 Å². The maximum absolute atomic E-state index is 12.1. The highest BCUT2D eigenvalue weighted by molar-refractivity contribution is 7.92. The van der Waals surface area contributed by atoms with Gasteiger partial charge in [0.25, 0.3) is 10.0 Å². The van der Waals surface area contributed by atoms with E-state index >= 15 is 0 Å². The lowest BCUT2D eigenvalue weighted by Crippen LogP contribution is -2.13. The molecule has 0 atom stereocenters. The molecule has 0 aliphatic heterocycles. The number of halogens is 1. The number of benzene rings is 2. The predicted molar refractivity (Wildman–Crippen MR) is 74.8 cm³/mol. The van der Waals surface area contributed by atoms with Crippen LogP contribution < -0.4 is 10.5 Å². The van der Waals surface area contributed by atoms with Crippen molar-refractivity contribution in [3.63, 3.8) is 0 Å². The van der Waals surface area contributed by atoms with Crippen LogP contribution in [0.1, 0.15) is 0 Å². The van der Waals surface area contributed by atoms with E-state index in [-0.39, 0.29) is 21.4 Å². The lowest BCUT2D eigenvalue weighted by Gasteiger charge is -2.10. The van der Waals surface area contributed by atoms with Gasteiger partial charge in [-0.1, -0.05) is 17.7 Å². The minimum absolute atomic E-state index is 0.0349. The first-order valence-electron chi connectivity index (χ1n) is 5.25. The lowest BCUT2D eigenvalue weighted by molar-refractivity contribution is 0.475. The number of rotatable bonds is 3. The number of aromatic hydroxyl groups is 1. The van der Waals surface area contributed by atoms with Crippen molar-refractivity contribution in [2.75, 3.05) is 10.5 Å². The Morgan fingerprint density at radius 1 is 1.16 bits per heavy atom. The summed E-state index contributed by atoms with van der Waals surface area (Å²) in [6.07, 6.45) is 0. The van der Waals surface area contributed by atoms with Gasteiger partial charge in [0, 0.05) is 11.8 Å². The second kappa shape index (κ2) is 4.99. The summed E-state index contributed by atoms with van der Waals surface area (Å²) in [7, 11) is -3.83. The number of anilines is 2. The van der Waals surface area contributed by atoms with Gasteiger partial charge in [-0.2, -0.15) is 0 Å². The summed E-state index contributed by atoms with van der Waals surface area (Å²) in [6.45, 7) is 0. The molecule has 0 bridgehead atoms. The molecule has 0 saturated heterocycles. The minimum Gasteiger partial charge on any atom is -0.508 e. The third-order valence-corrected chi connectivity index (χ3v) is 4.21. The summed E-state index contributed by atoms with van der Waals surface area (Å²) in [6, 6.07) is 9.90. The van der Waals surface area contributed by atoms with E-state index in [1.807, 2.05) is 0 Å². The van der Waals surface area contributed by atoms with Crippen LogP contribution in [-0.2, 0) is 10.0 Å². The van der Waals surface area contributed by atoms with Gasteiger partial charge in [0.05, 0.1) is 10.7 Å². The molecular weight excluding hydrogens is 288 g/mol. The molecule has 0 radical (unpaired) electrons. The largest absolute Gasteiger partial charge is 0.508 e. The van der Waals surface area contributed by atoms with Gasteiger partial charge in [-0.05, 0) is 30.3 Å². The first-order valence-corrected chi connectivity index (χ1v) is 7.11. The van der Waals surface area contributed by atoms with Crippen molar-refractivity contribution >= 4 is 33.0 Å². The fraction of sp³-hybridized carbons (Fsp3) is 0. The van der Waals surface area contributed by atoms with Crippen molar-refractivity contribution < 1.29 is 13.5 Å². The molecule has 100 valence electrons. The molecule has 4 N–H and O–H groups in total. The van der Waals surface area contributed by atoms with Gasteiger partial charge < -0.3 is 10.8 Å². The molecule has 2 rings (SSSR count). The normalized spacial score (nSPS) is 11.2. The maximum atomic E-state index is 12.1. The number of hydrogen-bond acceptors (Lipinski definition) is 4. The van der Waals surface area contributed by atoms with E-state index in [4.69, 9.17) is 17.3 Å². The number of nitrogens with two attached hydrogens (primary N) is 1. The fourth-order valence-electron chi connectivity index (χ4n) is 1.51. The molecule has 0 aliphatic rings. The third-order valence-electron chi connectivity index (χ3n) is 2.34. The number of sulfonamides is 1. The molecular formula is C12H11ClN2O3S. The summed E-state index contributed by atoms with van der Waals surface area (Å²) in [5.41, 5.74) is 6.13. The van der Waals surface area contributed by atoms with Crippen LogP contribution in [-0.4, -0.2) is 13.5 Å². The zero-order chi connectivity index (χ0) is 14.0. The standard InChI is InChI=1S/C12H11ClN2O3S/c13-11-6-8(14)4-5-12(11)19(17,18)15-9-2-1-3-10(16)7-9/h1-7,15-16H,14H2. The smallest absolute Gasteiger partial charge is 0.263 e. The highest BCUT2D eigenvalue weighted by Gasteiger charge is 2.18. The number of nitrogen functional groups attached to an aromatic ring is 1. The van der Waals surface area contributed by atoms with Gasteiger partial charge in [0.1, 0.15) is 10.6 Å². The average molecular weight is 299 g/mol. The Morgan fingerprint density at radius 3 is 2.53 bits per heavy atom. The predicted octanol–water partition coefficient (Wildman–Crippen LogP) is 2.43. The number of nitrogens with one attached hydrogen (secondary N) is 1. The topological polar surface area (TPSA) is 92.4 Å². The summed E-state index contributed by atoms with van der Waals surface area (Å²) in [5, 5.41) is 9.33. The Hall–Kier alpha value is -1.92. The van der Waals surface area contributed by atoms with Crippen LogP contribution in [0.5, 0.6) is 5.75 Å². The highest BCUT2D eigenvalue weighted by Crippen LogP contribution is 2.26. The Morgan fingerprint density at radius 2 is 1.89 bits per heavy atom. The Balaban J connectivity index is 2.38. The lowest BCUT2D eigenvalue weighted by atomic mass is 10.3. The maximum Gasteiger partial charge on any atom is 0.263 e. The number of phenolic OH excluding ortho intramolecular Hbond substituents is 1. The van der Waals surface area contributed by atoms with Gasteiger partial charge in [0.2, 0.25) is 0 Å². The molecule has 0 fully saturated rings. The Kier molecular flexibility index (Phi) is 3.55. The van der Waals surface area contributed by atoms with Gasteiger partial charge in [0.15, 0.2) is 0 Å². The minimum atomic E-state index is -3.83. The average Bonchev–Trinajstić information content (AvgIpc) is 2.27. The fourth-order valence-corrected chi connectivity index (χ4v) is 3.12. The van der Waals surface area contributed by atoms with Gasteiger partial charge >= 0.3 is 0 Å². The molecule has 0 heterocycles. The quantitative estimate of drug-likeness (QED) is 0.759. The Bertz CT molecular complexity index is 717. The molecule has 0 aromatic heterocycles. The van der Waals surface area contributed by atoms with Gasteiger partial charge in [-0.15, -0.1) is 0 Å². The molecule has 2 aromatic rings. The van der Waals surface area contributed by atoms with Gasteiger partial charge in [-0.25, -0.2) is 8.42 Å². The van der Waals surface area contributed by atoms with E-state index < -0.39 is 10.0 Å². The number of hydrogen-bond donors (Lipinski definition) is 3. The zero-order valence-corrected chi connectivity index (χ0v) is 11.2. The van der Waals surface area contributed by atoms with Crippen LogP contribution in [0, 0.1) is 0 Å². The number of phenols is 1. The van der Waals surface area contributed by atoms with E-state index in [0.717, 1.165) is 0 Å². The molecule has 0 aliphatic carbocycles. The molecule has 0 spiro atoms. The van der Waals surface area contributed by atoms with E-state index in [9.17, 15) is 13.5 Å². The van der Waals surface area contributed by atoms with Crippen molar-refractivity contribution in [1.29, 1.82) is 0 Å². The first-order chi connectivity index (χ1) is 8.88. The third kappa shape index (κ3) is 3.10. The summed E-state index contributed by atoms with van der Waals surface area (Å²) < 4.78 is 26.6. The molecule has 5 nitrogen and oxygen atoms in total. The van der Waals surface area contributed by atoms with E-state index in [2.05, 4.69) is 4.72 Å². The monoisotopic (exact) mass is 298 g/mol. The van der Waals surface area contributed by atoms with Crippen molar-refractivity contribution in [3.8, 4) is 5.75 Å². The molecule has 2 aromatic carbocycles.